The first kappa shape index (κ1) is 33.3. The topological polar surface area (TPSA) is 99.1 Å². The lowest BCUT2D eigenvalue weighted by atomic mass is 10.1. The Hall–Kier alpha value is -4.05. The van der Waals surface area contributed by atoms with Gasteiger partial charge in [-0.1, -0.05) is 38.2 Å². The van der Waals surface area contributed by atoms with Gasteiger partial charge in [0.2, 0.25) is 5.91 Å². The van der Waals surface area contributed by atoms with Crippen molar-refractivity contribution < 1.29 is 33.3 Å². The number of amides is 2. The highest BCUT2D eigenvalue weighted by Crippen LogP contribution is 2.38. The molecular weight excluding hydrogens is 586 g/mol. The lowest BCUT2D eigenvalue weighted by Crippen LogP contribution is -2.39. The first-order valence-corrected chi connectivity index (χ1v) is 16.6. The molecule has 5 rings (SSSR count). The van der Waals surface area contributed by atoms with Gasteiger partial charge < -0.3 is 33.5 Å². The quantitative estimate of drug-likeness (QED) is 0.163. The molecular formula is C36H47N3O7. The number of ether oxygens (including phenoxy) is 5. The molecule has 0 N–H and O–H groups in total. The molecule has 0 unspecified atom stereocenters. The van der Waals surface area contributed by atoms with E-state index in [-0.39, 0.29) is 17.9 Å². The van der Waals surface area contributed by atoms with E-state index in [4.69, 9.17) is 23.7 Å². The third-order valence-electron chi connectivity index (χ3n) is 8.69. The zero-order valence-corrected chi connectivity index (χ0v) is 27.2. The molecule has 0 saturated carbocycles. The molecule has 3 heterocycles. The van der Waals surface area contributed by atoms with Crippen LogP contribution in [0.1, 0.15) is 73.7 Å². The van der Waals surface area contributed by atoms with E-state index >= 15 is 0 Å². The van der Waals surface area contributed by atoms with Gasteiger partial charge in [-0.25, -0.2) is 0 Å². The van der Waals surface area contributed by atoms with Crippen molar-refractivity contribution in [1.29, 1.82) is 0 Å². The fourth-order valence-electron chi connectivity index (χ4n) is 6.04. The average Bonchev–Trinajstić information content (AvgIpc) is 3.53. The van der Waals surface area contributed by atoms with Gasteiger partial charge in [-0.3, -0.25) is 14.6 Å². The summed E-state index contributed by atoms with van der Waals surface area (Å²) in [4.78, 5) is 33.7. The van der Waals surface area contributed by atoms with Gasteiger partial charge in [0.25, 0.3) is 5.91 Å². The van der Waals surface area contributed by atoms with E-state index in [0.717, 1.165) is 63.5 Å². The van der Waals surface area contributed by atoms with Crippen molar-refractivity contribution >= 4 is 29.8 Å². The van der Waals surface area contributed by atoms with Crippen LogP contribution in [-0.4, -0.2) is 94.2 Å². The smallest absolute Gasteiger partial charge is 0.256 e. The van der Waals surface area contributed by atoms with Crippen LogP contribution in [0.4, 0.5) is 5.69 Å². The Morgan fingerprint density at radius 2 is 1.54 bits per heavy atom. The number of rotatable bonds is 16. The molecule has 3 aliphatic rings. The summed E-state index contributed by atoms with van der Waals surface area (Å²) in [5.41, 5.74) is 2.12. The van der Waals surface area contributed by atoms with Crippen molar-refractivity contribution in [2.45, 2.75) is 63.8 Å². The Kier molecular flexibility index (Phi) is 12.3. The van der Waals surface area contributed by atoms with E-state index in [9.17, 15) is 9.59 Å². The fraction of sp³-hybridized carbons (Fsp3) is 0.528. The van der Waals surface area contributed by atoms with Crippen molar-refractivity contribution in [3.05, 3.63) is 47.5 Å². The van der Waals surface area contributed by atoms with Gasteiger partial charge in [-0.2, -0.15) is 0 Å². The van der Waals surface area contributed by atoms with Crippen LogP contribution in [0.3, 0.4) is 0 Å². The van der Waals surface area contributed by atoms with E-state index < -0.39 is 0 Å². The van der Waals surface area contributed by atoms with Crippen LogP contribution in [0, 0.1) is 0 Å². The SMILES string of the molecule is COc1cc(/C=C/C(=O)N2CCOCC2)ccc1OCCCCCCCCCOc1cc2c(cc1OC)C(=O)N1CCC[C@H]1C=N2. The minimum atomic E-state index is -0.00692. The molecule has 10 heteroatoms. The summed E-state index contributed by atoms with van der Waals surface area (Å²) in [6, 6.07) is 9.42. The van der Waals surface area contributed by atoms with Crippen molar-refractivity contribution in [3.8, 4) is 23.0 Å². The highest BCUT2D eigenvalue weighted by atomic mass is 16.5. The van der Waals surface area contributed by atoms with E-state index in [1.807, 2.05) is 41.5 Å². The Bertz CT molecular complexity index is 1390. The Balaban J connectivity index is 0.950. The summed E-state index contributed by atoms with van der Waals surface area (Å²) in [5.74, 6) is 2.59. The molecule has 3 aliphatic heterocycles. The number of benzene rings is 2. The van der Waals surface area contributed by atoms with Crippen molar-refractivity contribution in [2.24, 2.45) is 4.99 Å². The summed E-state index contributed by atoms with van der Waals surface area (Å²) >= 11 is 0. The zero-order valence-electron chi connectivity index (χ0n) is 27.2. The van der Waals surface area contributed by atoms with Crippen LogP contribution in [0.25, 0.3) is 6.08 Å². The predicted octanol–water partition coefficient (Wildman–Crippen LogP) is 6.08. The highest BCUT2D eigenvalue weighted by Gasteiger charge is 2.32. The first-order valence-electron chi connectivity index (χ1n) is 16.6. The number of fused-ring (bicyclic) bond motifs is 2. The molecule has 2 aromatic carbocycles. The largest absolute Gasteiger partial charge is 0.493 e. The number of carbonyl (C=O) groups excluding carboxylic acids is 2. The number of aliphatic imine (C=N–C) groups is 1. The first-order chi connectivity index (χ1) is 22.6. The Morgan fingerprint density at radius 1 is 0.870 bits per heavy atom. The minimum Gasteiger partial charge on any atom is -0.493 e. The molecule has 10 nitrogen and oxygen atoms in total. The highest BCUT2D eigenvalue weighted by molar-refractivity contribution is 6.03. The van der Waals surface area contributed by atoms with Crippen LogP contribution < -0.4 is 18.9 Å². The maximum absolute atomic E-state index is 13.0. The number of hydrogen-bond donors (Lipinski definition) is 0. The second-order valence-electron chi connectivity index (χ2n) is 11.9. The fourth-order valence-corrected chi connectivity index (χ4v) is 6.04. The van der Waals surface area contributed by atoms with Crippen LogP contribution >= 0.6 is 0 Å². The lowest BCUT2D eigenvalue weighted by molar-refractivity contribution is -0.129. The summed E-state index contributed by atoms with van der Waals surface area (Å²) in [5, 5.41) is 0. The molecule has 2 aromatic rings. The Morgan fingerprint density at radius 3 is 2.26 bits per heavy atom. The van der Waals surface area contributed by atoms with Crippen molar-refractivity contribution in [3.63, 3.8) is 0 Å². The van der Waals surface area contributed by atoms with Gasteiger partial charge >= 0.3 is 0 Å². The number of unbranched alkanes of at least 4 members (excludes halogenated alkanes) is 6. The van der Waals surface area contributed by atoms with Gasteiger partial charge in [-0.05, 0) is 55.5 Å². The monoisotopic (exact) mass is 633 g/mol. The van der Waals surface area contributed by atoms with Crippen LogP contribution in [0.5, 0.6) is 23.0 Å². The second kappa shape index (κ2) is 17.0. The molecule has 0 bridgehead atoms. The predicted molar refractivity (Wildman–Crippen MR) is 178 cm³/mol. The van der Waals surface area contributed by atoms with Crippen LogP contribution in [-0.2, 0) is 9.53 Å². The van der Waals surface area contributed by atoms with Gasteiger partial charge in [0.1, 0.15) is 0 Å². The second-order valence-corrected chi connectivity index (χ2v) is 11.9. The molecule has 2 amide bonds. The minimum absolute atomic E-state index is 0.00692. The van der Waals surface area contributed by atoms with Gasteiger partial charge in [0.05, 0.1) is 57.9 Å². The Labute approximate surface area is 272 Å². The lowest BCUT2D eigenvalue weighted by Gasteiger charge is -2.25. The van der Waals surface area contributed by atoms with Crippen molar-refractivity contribution in [2.75, 3.05) is 60.3 Å². The molecule has 0 radical (unpaired) electrons. The van der Waals surface area contributed by atoms with Crippen LogP contribution in [0.2, 0.25) is 0 Å². The van der Waals surface area contributed by atoms with Gasteiger partial charge in [0, 0.05) is 38.0 Å². The summed E-state index contributed by atoms with van der Waals surface area (Å²) in [6.45, 7) is 4.42. The molecule has 2 saturated heterocycles. The standard InChI is InChI=1S/C36H47N3O7/c1-42-32-23-27(13-15-35(40)38-17-21-44-22-18-38)12-14-31(32)45-19-8-6-4-3-5-7-9-20-46-34-25-30-29(24-33(34)43-2)36(41)39-16-10-11-28(39)26-37-30/h12-15,23-26,28H,3-11,16-22H2,1-2H3/b15-13+/t28-/m0/s1. The number of methoxy groups -OCH3 is 2. The normalized spacial score (nSPS) is 17.5. The number of nitrogens with zero attached hydrogens (tertiary/aromatic N) is 3. The molecule has 0 spiro atoms. The zero-order chi connectivity index (χ0) is 32.1. The van der Waals surface area contributed by atoms with E-state index in [1.165, 1.54) is 6.42 Å². The molecule has 1 atom stereocenters. The van der Waals surface area contributed by atoms with Gasteiger partial charge in [0.15, 0.2) is 23.0 Å². The maximum Gasteiger partial charge on any atom is 0.256 e. The van der Waals surface area contributed by atoms with E-state index in [0.29, 0.717) is 73.8 Å². The third-order valence-corrected chi connectivity index (χ3v) is 8.69. The van der Waals surface area contributed by atoms with Gasteiger partial charge in [-0.15, -0.1) is 0 Å². The van der Waals surface area contributed by atoms with E-state index in [1.54, 1.807) is 31.3 Å². The van der Waals surface area contributed by atoms with Crippen molar-refractivity contribution in [1.82, 2.24) is 9.80 Å². The molecule has 248 valence electrons. The summed E-state index contributed by atoms with van der Waals surface area (Å²) in [7, 11) is 3.23. The number of hydrogen-bond acceptors (Lipinski definition) is 8. The van der Waals surface area contributed by atoms with Crippen LogP contribution in [0.15, 0.2) is 41.4 Å². The maximum atomic E-state index is 13.0. The summed E-state index contributed by atoms with van der Waals surface area (Å²) < 4.78 is 28.5. The molecule has 2 fully saturated rings. The molecule has 46 heavy (non-hydrogen) atoms. The number of morpholine rings is 1. The average molecular weight is 634 g/mol. The van der Waals surface area contributed by atoms with E-state index in [2.05, 4.69) is 4.99 Å². The third kappa shape index (κ3) is 8.81. The molecule has 0 aliphatic carbocycles. The number of carbonyl (C=O) groups is 2. The summed E-state index contributed by atoms with van der Waals surface area (Å²) in [6.07, 6.45) is 14.9. The molecule has 0 aromatic heterocycles.